The van der Waals surface area contributed by atoms with Gasteiger partial charge in [0.1, 0.15) is 0 Å². The second kappa shape index (κ2) is 5.85. The molecule has 1 aromatic rings. The summed E-state index contributed by atoms with van der Waals surface area (Å²) >= 11 is 6.18. The van der Waals surface area contributed by atoms with Crippen molar-refractivity contribution in [3.8, 4) is 0 Å². The molecule has 2 N–H and O–H groups in total. The molecular formula is C14H20ClNO. The zero-order valence-electron chi connectivity index (χ0n) is 10.2. The van der Waals surface area contributed by atoms with Crippen LogP contribution >= 0.6 is 11.6 Å². The van der Waals surface area contributed by atoms with Crippen molar-refractivity contribution in [3.05, 3.63) is 34.9 Å². The van der Waals surface area contributed by atoms with E-state index in [0.717, 1.165) is 36.3 Å². The van der Waals surface area contributed by atoms with Crippen LogP contribution in [0.25, 0.3) is 0 Å². The molecule has 17 heavy (non-hydrogen) atoms. The van der Waals surface area contributed by atoms with Gasteiger partial charge in [-0.1, -0.05) is 29.8 Å². The highest BCUT2D eigenvalue weighted by molar-refractivity contribution is 6.31. The zero-order chi connectivity index (χ0) is 12.3. The quantitative estimate of drug-likeness (QED) is 0.867. The van der Waals surface area contributed by atoms with E-state index < -0.39 is 0 Å². The van der Waals surface area contributed by atoms with Crippen LogP contribution in [0.1, 0.15) is 44.2 Å². The van der Waals surface area contributed by atoms with Gasteiger partial charge in [-0.15, -0.1) is 0 Å². The van der Waals surface area contributed by atoms with Gasteiger partial charge in [-0.05, 0) is 44.2 Å². The van der Waals surface area contributed by atoms with Gasteiger partial charge in [0.15, 0.2) is 0 Å². The summed E-state index contributed by atoms with van der Waals surface area (Å²) in [7, 11) is 0. The van der Waals surface area contributed by atoms with Gasteiger partial charge in [0.05, 0.1) is 6.10 Å². The van der Waals surface area contributed by atoms with Crippen LogP contribution in [0.5, 0.6) is 0 Å². The number of aliphatic hydroxyl groups is 1. The lowest BCUT2D eigenvalue weighted by Crippen LogP contribution is -2.36. The largest absolute Gasteiger partial charge is 0.393 e. The topological polar surface area (TPSA) is 32.3 Å². The lowest BCUT2D eigenvalue weighted by atomic mass is 9.92. The Bertz CT molecular complexity index is 361. The predicted molar refractivity (Wildman–Crippen MR) is 71.3 cm³/mol. The molecule has 0 heterocycles. The molecular weight excluding hydrogens is 234 g/mol. The van der Waals surface area contributed by atoms with E-state index in [1.807, 2.05) is 18.2 Å². The number of nitrogens with one attached hydrogen (secondary N) is 1. The van der Waals surface area contributed by atoms with Crippen LogP contribution in [0.3, 0.4) is 0 Å². The third-order valence-corrected chi connectivity index (χ3v) is 3.90. The first kappa shape index (κ1) is 12.9. The number of halogens is 1. The molecule has 0 spiro atoms. The van der Waals surface area contributed by atoms with Gasteiger partial charge in [-0.25, -0.2) is 0 Å². The van der Waals surface area contributed by atoms with E-state index in [1.54, 1.807) is 0 Å². The van der Waals surface area contributed by atoms with Crippen LogP contribution in [0.4, 0.5) is 0 Å². The maximum atomic E-state index is 9.47. The summed E-state index contributed by atoms with van der Waals surface area (Å²) in [5.41, 5.74) is 1.15. The van der Waals surface area contributed by atoms with Crippen LogP contribution in [0.15, 0.2) is 24.3 Å². The van der Waals surface area contributed by atoms with Crippen LogP contribution < -0.4 is 5.32 Å². The Labute approximate surface area is 108 Å². The lowest BCUT2D eigenvalue weighted by Gasteiger charge is -2.29. The molecule has 1 aromatic carbocycles. The second-order valence-corrected chi connectivity index (χ2v) is 5.32. The van der Waals surface area contributed by atoms with Gasteiger partial charge < -0.3 is 10.4 Å². The summed E-state index contributed by atoms with van der Waals surface area (Å²) in [6.45, 7) is 2.15. The van der Waals surface area contributed by atoms with E-state index in [0.29, 0.717) is 6.04 Å². The normalized spacial score (nSPS) is 26.8. The smallest absolute Gasteiger partial charge is 0.0541 e. The third kappa shape index (κ3) is 3.44. The van der Waals surface area contributed by atoms with E-state index in [9.17, 15) is 5.11 Å². The number of hydrogen-bond donors (Lipinski definition) is 2. The third-order valence-electron chi connectivity index (χ3n) is 3.55. The highest BCUT2D eigenvalue weighted by Crippen LogP contribution is 2.25. The monoisotopic (exact) mass is 253 g/mol. The molecule has 1 saturated carbocycles. The van der Waals surface area contributed by atoms with Crippen LogP contribution in [0, 0.1) is 0 Å². The molecule has 2 rings (SSSR count). The van der Waals surface area contributed by atoms with Crippen molar-refractivity contribution in [2.45, 2.75) is 50.8 Å². The van der Waals surface area contributed by atoms with Gasteiger partial charge in [0.25, 0.3) is 0 Å². The highest BCUT2D eigenvalue weighted by Gasteiger charge is 2.21. The van der Waals surface area contributed by atoms with Crippen LogP contribution in [-0.2, 0) is 0 Å². The van der Waals surface area contributed by atoms with Crippen molar-refractivity contribution in [3.63, 3.8) is 0 Å². The number of benzene rings is 1. The fraction of sp³-hybridized carbons (Fsp3) is 0.571. The fourth-order valence-corrected chi connectivity index (χ4v) is 2.81. The lowest BCUT2D eigenvalue weighted by molar-refractivity contribution is 0.114. The number of rotatable bonds is 3. The Morgan fingerprint density at radius 2 is 1.88 bits per heavy atom. The van der Waals surface area contributed by atoms with E-state index in [-0.39, 0.29) is 12.1 Å². The molecule has 1 aliphatic carbocycles. The second-order valence-electron chi connectivity index (χ2n) is 4.92. The molecule has 94 valence electrons. The Morgan fingerprint density at radius 1 is 1.24 bits per heavy atom. The van der Waals surface area contributed by atoms with E-state index >= 15 is 0 Å². The minimum Gasteiger partial charge on any atom is -0.393 e. The van der Waals surface area contributed by atoms with Crippen molar-refractivity contribution in [2.75, 3.05) is 0 Å². The minimum atomic E-state index is -0.0938. The van der Waals surface area contributed by atoms with Crippen LogP contribution in [0.2, 0.25) is 5.02 Å². The van der Waals surface area contributed by atoms with Crippen molar-refractivity contribution in [2.24, 2.45) is 0 Å². The van der Waals surface area contributed by atoms with Gasteiger partial charge >= 0.3 is 0 Å². The van der Waals surface area contributed by atoms with Gasteiger partial charge in [0.2, 0.25) is 0 Å². The molecule has 1 atom stereocenters. The molecule has 0 aromatic heterocycles. The Hall–Kier alpha value is -0.570. The number of hydrogen-bond acceptors (Lipinski definition) is 2. The first-order valence-electron chi connectivity index (χ1n) is 6.35. The first-order chi connectivity index (χ1) is 8.16. The maximum absolute atomic E-state index is 9.47. The fourth-order valence-electron chi connectivity index (χ4n) is 2.51. The van der Waals surface area contributed by atoms with E-state index in [1.165, 1.54) is 0 Å². The summed E-state index contributed by atoms with van der Waals surface area (Å²) in [6, 6.07) is 8.74. The average Bonchev–Trinajstić information content (AvgIpc) is 2.32. The minimum absolute atomic E-state index is 0.0938. The average molecular weight is 254 g/mol. The molecule has 1 unspecified atom stereocenters. The van der Waals surface area contributed by atoms with E-state index in [2.05, 4.69) is 18.3 Å². The first-order valence-corrected chi connectivity index (χ1v) is 6.73. The summed E-state index contributed by atoms with van der Waals surface area (Å²) < 4.78 is 0. The van der Waals surface area contributed by atoms with Gasteiger partial charge in [0, 0.05) is 17.1 Å². The summed E-state index contributed by atoms with van der Waals surface area (Å²) in [6.07, 6.45) is 3.83. The summed E-state index contributed by atoms with van der Waals surface area (Å²) in [5, 5.41) is 13.9. The molecule has 0 bridgehead atoms. The molecule has 0 aliphatic heterocycles. The van der Waals surface area contributed by atoms with Crippen molar-refractivity contribution < 1.29 is 5.11 Å². The SMILES string of the molecule is CC(NC1CCC(O)CC1)c1ccccc1Cl. The summed E-state index contributed by atoms with van der Waals surface area (Å²) in [4.78, 5) is 0. The molecule has 1 aliphatic rings. The van der Waals surface area contributed by atoms with Crippen molar-refractivity contribution in [1.29, 1.82) is 0 Å². The molecule has 1 fully saturated rings. The summed E-state index contributed by atoms with van der Waals surface area (Å²) in [5.74, 6) is 0. The molecule has 0 saturated heterocycles. The van der Waals surface area contributed by atoms with Crippen LogP contribution in [-0.4, -0.2) is 17.3 Å². The Morgan fingerprint density at radius 3 is 2.53 bits per heavy atom. The number of aliphatic hydroxyl groups excluding tert-OH is 1. The highest BCUT2D eigenvalue weighted by atomic mass is 35.5. The maximum Gasteiger partial charge on any atom is 0.0541 e. The van der Waals surface area contributed by atoms with E-state index in [4.69, 9.17) is 11.6 Å². The standard InChI is InChI=1S/C14H20ClNO/c1-10(13-4-2-3-5-14(13)15)16-11-6-8-12(17)9-7-11/h2-5,10-12,16-17H,6-9H2,1H3. The Balaban J connectivity index is 1.93. The van der Waals surface area contributed by atoms with Crippen molar-refractivity contribution in [1.82, 2.24) is 5.32 Å². The zero-order valence-corrected chi connectivity index (χ0v) is 11.0. The molecule has 0 radical (unpaired) electrons. The molecule has 3 heteroatoms. The van der Waals surface area contributed by atoms with Crippen molar-refractivity contribution >= 4 is 11.6 Å². The molecule has 2 nitrogen and oxygen atoms in total. The molecule has 0 amide bonds. The Kier molecular flexibility index (Phi) is 4.43. The predicted octanol–water partition coefficient (Wildman–Crippen LogP) is 3.29. The van der Waals surface area contributed by atoms with Gasteiger partial charge in [-0.3, -0.25) is 0 Å². The van der Waals surface area contributed by atoms with Gasteiger partial charge in [-0.2, -0.15) is 0 Å².